The van der Waals surface area contributed by atoms with E-state index in [9.17, 15) is 17.6 Å². The summed E-state index contributed by atoms with van der Waals surface area (Å²) in [5, 5.41) is 0. The van der Waals surface area contributed by atoms with Gasteiger partial charge in [0.15, 0.2) is 23.1 Å². The number of allylic oxidation sites excluding steroid dienone is 1. The van der Waals surface area contributed by atoms with Gasteiger partial charge in [-0.15, -0.1) is 0 Å². The van der Waals surface area contributed by atoms with Crippen LogP contribution >= 0.6 is 0 Å². The van der Waals surface area contributed by atoms with Crippen molar-refractivity contribution in [3.8, 4) is 11.5 Å². The van der Waals surface area contributed by atoms with E-state index in [2.05, 4.69) is 9.73 Å². The number of anilines is 1. The highest BCUT2D eigenvalue weighted by atomic mass is 19.3. The first kappa shape index (κ1) is 22.3. The van der Waals surface area contributed by atoms with E-state index in [0.717, 1.165) is 31.4 Å². The second kappa shape index (κ2) is 11.1. The van der Waals surface area contributed by atoms with Gasteiger partial charge in [-0.2, -0.15) is 8.78 Å². The van der Waals surface area contributed by atoms with Crippen LogP contribution in [0.25, 0.3) is 6.08 Å². The topological polar surface area (TPSA) is 56.8 Å². The van der Waals surface area contributed by atoms with Crippen LogP contribution in [0.4, 0.5) is 28.9 Å². The van der Waals surface area contributed by atoms with Crippen molar-refractivity contribution >= 4 is 23.7 Å². The largest absolute Gasteiger partial charge is 0.489 e. The number of nitrogens with two attached hydrogens (primary N) is 1. The number of nitrogens with zero attached hydrogens (tertiary/aromatic N) is 1. The number of ether oxygens (including phenoxy) is 2. The lowest BCUT2D eigenvalue weighted by Gasteiger charge is -2.14. The van der Waals surface area contributed by atoms with Crippen LogP contribution in [-0.2, 0) is 0 Å². The maximum absolute atomic E-state index is 13.3. The fraction of sp³-hybridized carbons (Fsp3) is 0.286. The van der Waals surface area contributed by atoms with Crippen LogP contribution < -0.4 is 15.2 Å². The molecule has 2 N–H and O–H groups in total. The first-order valence-electron chi connectivity index (χ1n) is 9.08. The van der Waals surface area contributed by atoms with Crippen molar-refractivity contribution in [2.45, 2.75) is 32.8 Å². The molecule has 0 spiro atoms. The lowest BCUT2D eigenvalue weighted by Crippen LogP contribution is -2.06. The summed E-state index contributed by atoms with van der Waals surface area (Å²) in [7, 11) is 0. The number of aliphatic imine (C=N–C) groups is 1. The van der Waals surface area contributed by atoms with E-state index in [0.29, 0.717) is 12.2 Å². The highest BCUT2D eigenvalue weighted by Crippen LogP contribution is 2.33. The van der Waals surface area contributed by atoms with E-state index >= 15 is 0 Å². The number of halogens is 4. The van der Waals surface area contributed by atoms with Gasteiger partial charge < -0.3 is 15.2 Å². The predicted molar refractivity (Wildman–Crippen MR) is 106 cm³/mol. The predicted octanol–water partition coefficient (Wildman–Crippen LogP) is 6.13. The summed E-state index contributed by atoms with van der Waals surface area (Å²) in [5.74, 6) is -1.99. The van der Waals surface area contributed by atoms with Gasteiger partial charge in [0.2, 0.25) is 0 Å². The molecule has 0 atom stereocenters. The molecule has 0 heterocycles. The number of benzene rings is 2. The molecule has 0 aliphatic rings. The average Bonchev–Trinajstić information content (AvgIpc) is 2.67. The molecule has 2 aromatic rings. The monoisotopic (exact) mass is 410 g/mol. The summed E-state index contributed by atoms with van der Waals surface area (Å²) in [6, 6.07) is 6.35. The highest BCUT2D eigenvalue weighted by molar-refractivity contribution is 5.83. The average molecular weight is 410 g/mol. The van der Waals surface area contributed by atoms with Gasteiger partial charge in [-0.05, 0) is 24.6 Å². The molecule has 0 aliphatic heterocycles. The summed E-state index contributed by atoms with van der Waals surface area (Å²) in [4.78, 5) is 3.97. The van der Waals surface area contributed by atoms with Crippen LogP contribution in [0.15, 0.2) is 41.4 Å². The number of rotatable bonds is 10. The molecular weight excluding hydrogens is 388 g/mol. The van der Waals surface area contributed by atoms with Crippen molar-refractivity contribution in [3.63, 3.8) is 0 Å². The first-order valence-corrected chi connectivity index (χ1v) is 9.08. The van der Waals surface area contributed by atoms with E-state index in [1.165, 1.54) is 18.4 Å². The Kier molecular flexibility index (Phi) is 8.51. The second-order valence-electron chi connectivity index (χ2n) is 6.07. The minimum atomic E-state index is -2.98. The van der Waals surface area contributed by atoms with Crippen molar-refractivity contribution in [3.05, 3.63) is 53.6 Å². The van der Waals surface area contributed by atoms with Crippen molar-refractivity contribution in [1.82, 2.24) is 0 Å². The molecule has 29 heavy (non-hydrogen) atoms. The summed E-state index contributed by atoms with van der Waals surface area (Å²) < 4.78 is 62.0. The second-order valence-corrected chi connectivity index (χ2v) is 6.07. The molecule has 2 aromatic carbocycles. The van der Waals surface area contributed by atoms with Gasteiger partial charge in [0.05, 0.1) is 18.0 Å². The van der Waals surface area contributed by atoms with Gasteiger partial charge >= 0.3 is 6.61 Å². The Morgan fingerprint density at radius 2 is 1.90 bits per heavy atom. The molecule has 0 radical (unpaired) electrons. The number of hydrogen-bond donors (Lipinski definition) is 1. The molecule has 2 rings (SSSR count). The lowest BCUT2D eigenvalue weighted by molar-refractivity contribution is -0.0515. The first-order chi connectivity index (χ1) is 13.9. The quantitative estimate of drug-likeness (QED) is 0.222. The number of alkyl halides is 2. The number of unbranched alkanes of at least 4 members (excludes halogenated alkanes) is 2. The normalized spacial score (nSPS) is 11.7. The van der Waals surface area contributed by atoms with Crippen molar-refractivity contribution in [2.24, 2.45) is 4.99 Å². The van der Waals surface area contributed by atoms with Gasteiger partial charge in [-0.1, -0.05) is 31.9 Å². The zero-order chi connectivity index (χ0) is 21.2. The molecule has 0 aromatic heterocycles. The van der Waals surface area contributed by atoms with E-state index in [-0.39, 0.29) is 22.9 Å². The summed E-state index contributed by atoms with van der Waals surface area (Å²) in [6.45, 7) is -0.580. The number of hydrogen-bond acceptors (Lipinski definition) is 4. The molecule has 0 fully saturated rings. The van der Waals surface area contributed by atoms with Crippen molar-refractivity contribution in [2.75, 3.05) is 12.3 Å². The van der Waals surface area contributed by atoms with Crippen LogP contribution in [0.1, 0.15) is 31.7 Å². The summed E-state index contributed by atoms with van der Waals surface area (Å²) in [6.07, 6.45) is 7.12. The van der Waals surface area contributed by atoms with E-state index in [4.69, 9.17) is 10.5 Å². The lowest BCUT2D eigenvalue weighted by atomic mass is 10.1. The molecule has 4 nitrogen and oxygen atoms in total. The Morgan fingerprint density at radius 1 is 1.14 bits per heavy atom. The van der Waals surface area contributed by atoms with Crippen LogP contribution in [-0.4, -0.2) is 19.4 Å². The minimum Gasteiger partial charge on any atom is -0.489 e. The van der Waals surface area contributed by atoms with Crippen LogP contribution in [0, 0.1) is 11.6 Å². The minimum absolute atomic E-state index is 0.0131. The zero-order valence-corrected chi connectivity index (χ0v) is 15.9. The van der Waals surface area contributed by atoms with Gasteiger partial charge in [0, 0.05) is 23.9 Å². The van der Waals surface area contributed by atoms with Gasteiger partial charge in [0.1, 0.15) is 0 Å². The fourth-order valence-corrected chi connectivity index (χ4v) is 2.47. The Labute approximate surface area is 166 Å². The summed E-state index contributed by atoms with van der Waals surface area (Å²) >= 11 is 0. The standard InChI is InChI=1S/C21H22F4N2O2/c1-2-3-4-11-28-20-14(7-5-9-19(20)29-21(24)25)8-6-10-27-18-13-16(23)15(22)12-17(18)26/h5-10,12-13,21H,2-4,11,26H2,1H3/b8-6+,27-10?. The molecule has 0 aliphatic carbocycles. The number of nitrogen functional groups attached to an aromatic ring is 1. The molecule has 0 amide bonds. The zero-order valence-electron chi connectivity index (χ0n) is 15.9. The Bertz CT molecular complexity index is 870. The van der Waals surface area contributed by atoms with E-state index in [1.54, 1.807) is 18.2 Å². The highest BCUT2D eigenvalue weighted by Gasteiger charge is 2.13. The molecule has 0 bridgehead atoms. The van der Waals surface area contributed by atoms with Gasteiger partial charge in [0.25, 0.3) is 0 Å². The third-order valence-electron chi connectivity index (χ3n) is 3.86. The molecule has 156 valence electrons. The summed E-state index contributed by atoms with van der Waals surface area (Å²) in [5.41, 5.74) is 6.16. The smallest absolute Gasteiger partial charge is 0.387 e. The number of para-hydroxylation sites is 1. The molecule has 0 unspecified atom stereocenters. The van der Waals surface area contributed by atoms with Crippen LogP contribution in [0.3, 0.4) is 0 Å². The SMILES string of the molecule is CCCCCOc1c(/C=C/C=Nc2cc(F)c(F)cc2N)cccc1OC(F)F. The van der Waals surface area contributed by atoms with E-state index in [1.807, 2.05) is 6.92 Å². The van der Waals surface area contributed by atoms with E-state index < -0.39 is 18.2 Å². The third kappa shape index (κ3) is 6.81. The Balaban J connectivity index is 2.20. The fourth-order valence-electron chi connectivity index (χ4n) is 2.47. The van der Waals surface area contributed by atoms with Crippen molar-refractivity contribution < 1.29 is 27.0 Å². The Hall–Kier alpha value is -3.03. The maximum Gasteiger partial charge on any atom is 0.387 e. The maximum atomic E-state index is 13.3. The molecule has 0 saturated heterocycles. The molecule has 0 saturated carbocycles. The molecular formula is C21H22F4N2O2. The van der Waals surface area contributed by atoms with Gasteiger partial charge in [-0.3, -0.25) is 4.99 Å². The third-order valence-corrected chi connectivity index (χ3v) is 3.86. The van der Waals surface area contributed by atoms with Crippen LogP contribution in [0.5, 0.6) is 11.5 Å². The Morgan fingerprint density at radius 3 is 2.62 bits per heavy atom. The molecule has 8 heteroatoms. The van der Waals surface area contributed by atoms with Crippen LogP contribution in [0.2, 0.25) is 0 Å². The van der Waals surface area contributed by atoms with Gasteiger partial charge in [-0.25, -0.2) is 8.78 Å². The van der Waals surface area contributed by atoms with Crippen molar-refractivity contribution in [1.29, 1.82) is 0 Å².